The number of ether oxygens (including phenoxy) is 1. The molecule has 0 amide bonds. The molecule has 0 N–H and O–H groups in total. The van der Waals surface area contributed by atoms with Crippen molar-refractivity contribution >= 4 is 17.4 Å². The summed E-state index contributed by atoms with van der Waals surface area (Å²) in [5.74, 6) is -0.960. The summed E-state index contributed by atoms with van der Waals surface area (Å²) in [5, 5.41) is -0.191. The van der Waals surface area contributed by atoms with Gasteiger partial charge in [-0.2, -0.15) is 13.2 Å². The molecule has 2 fully saturated rings. The molecule has 1 aromatic heterocycles. The molecule has 0 radical (unpaired) electrons. The maximum atomic E-state index is 12.8. The summed E-state index contributed by atoms with van der Waals surface area (Å²) in [6, 6.07) is 1.47. The second-order valence-electron chi connectivity index (χ2n) is 4.97. The maximum absolute atomic E-state index is 12.8. The zero-order valence-corrected chi connectivity index (χ0v) is 11.3. The van der Waals surface area contributed by atoms with Gasteiger partial charge in [0.05, 0.1) is 18.8 Å². The van der Waals surface area contributed by atoms with Gasteiger partial charge in [0.2, 0.25) is 5.82 Å². The molecule has 1 aromatic rings. The topological polar surface area (TPSA) is 38.2 Å². The van der Waals surface area contributed by atoms with E-state index in [9.17, 15) is 13.2 Å². The summed E-state index contributed by atoms with van der Waals surface area (Å²) in [5.41, 5.74) is 0. The standard InChI is InChI=1S/C12H13ClF3N3O/c13-9-6-10(18-11(17-9)12(14,15)16)19-4-5-20-8-3-1-2-7(8)19/h6-8H,1-5H2. The van der Waals surface area contributed by atoms with Crippen LogP contribution in [0.25, 0.3) is 0 Å². The van der Waals surface area contributed by atoms with Crippen molar-refractivity contribution in [3.63, 3.8) is 0 Å². The predicted octanol–water partition coefficient (Wildman–Crippen LogP) is 2.91. The third-order valence-corrected chi connectivity index (χ3v) is 3.90. The van der Waals surface area contributed by atoms with Crippen LogP contribution in [0.1, 0.15) is 25.1 Å². The fourth-order valence-electron chi connectivity index (χ4n) is 2.89. The third-order valence-electron chi connectivity index (χ3n) is 3.71. The Morgan fingerprint density at radius 2 is 2.10 bits per heavy atom. The van der Waals surface area contributed by atoms with E-state index in [1.807, 2.05) is 4.90 Å². The van der Waals surface area contributed by atoms with E-state index in [-0.39, 0.29) is 23.1 Å². The van der Waals surface area contributed by atoms with E-state index < -0.39 is 12.0 Å². The Morgan fingerprint density at radius 1 is 1.30 bits per heavy atom. The number of hydrogen-bond acceptors (Lipinski definition) is 4. The van der Waals surface area contributed by atoms with Crippen LogP contribution < -0.4 is 4.90 Å². The molecular weight excluding hydrogens is 295 g/mol. The lowest BCUT2D eigenvalue weighted by Crippen LogP contribution is -2.49. The maximum Gasteiger partial charge on any atom is 0.451 e. The molecule has 3 rings (SSSR count). The van der Waals surface area contributed by atoms with Crippen LogP contribution in [-0.2, 0) is 10.9 Å². The van der Waals surface area contributed by atoms with Gasteiger partial charge in [0.25, 0.3) is 0 Å². The van der Waals surface area contributed by atoms with Crippen molar-refractivity contribution in [3.8, 4) is 0 Å². The van der Waals surface area contributed by atoms with E-state index in [4.69, 9.17) is 16.3 Å². The van der Waals surface area contributed by atoms with Crippen LogP contribution in [0, 0.1) is 0 Å². The molecule has 20 heavy (non-hydrogen) atoms. The first-order valence-electron chi connectivity index (χ1n) is 6.45. The molecule has 8 heteroatoms. The van der Waals surface area contributed by atoms with Crippen molar-refractivity contribution in [2.45, 2.75) is 37.6 Å². The highest BCUT2D eigenvalue weighted by atomic mass is 35.5. The number of nitrogens with zero attached hydrogens (tertiary/aromatic N) is 3. The number of hydrogen-bond donors (Lipinski definition) is 0. The minimum atomic E-state index is -4.60. The van der Waals surface area contributed by atoms with E-state index in [0.717, 1.165) is 19.3 Å². The van der Waals surface area contributed by atoms with Gasteiger partial charge in [-0.15, -0.1) is 0 Å². The van der Waals surface area contributed by atoms with Gasteiger partial charge < -0.3 is 9.64 Å². The number of fused-ring (bicyclic) bond motifs is 1. The Labute approximate surface area is 118 Å². The molecule has 2 heterocycles. The van der Waals surface area contributed by atoms with Crippen LogP contribution in [0.15, 0.2) is 6.07 Å². The van der Waals surface area contributed by atoms with Crippen molar-refractivity contribution in [1.29, 1.82) is 0 Å². The fraction of sp³-hybridized carbons (Fsp3) is 0.667. The number of anilines is 1. The van der Waals surface area contributed by atoms with Gasteiger partial charge in [-0.05, 0) is 19.3 Å². The number of halogens is 4. The zero-order chi connectivity index (χ0) is 14.3. The molecule has 2 atom stereocenters. The highest BCUT2D eigenvalue weighted by molar-refractivity contribution is 6.29. The van der Waals surface area contributed by atoms with E-state index >= 15 is 0 Å². The van der Waals surface area contributed by atoms with Crippen molar-refractivity contribution in [3.05, 3.63) is 17.0 Å². The first-order chi connectivity index (χ1) is 9.45. The molecule has 1 saturated carbocycles. The fourth-order valence-corrected chi connectivity index (χ4v) is 3.07. The SMILES string of the molecule is FC(F)(F)c1nc(Cl)cc(N2CCOC3CCCC32)n1. The van der Waals surface area contributed by atoms with E-state index in [0.29, 0.717) is 13.2 Å². The molecule has 0 spiro atoms. The van der Waals surface area contributed by atoms with Crippen LogP contribution in [0.4, 0.5) is 19.0 Å². The van der Waals surface area contributed by atoms with Crippen molar-refractivity contribution in [2.24, 2.45) is 0 Å². The Balaban J connectivity index is 1.95. The second-order valence-corrected chi connectivity index (χ2v) is 5.36. The Morgan fingerprint density at radius 3 is 2.85 bits per heavy atom. The summed E-state index contributed by atoms with van der Waals surface area (Å²) < 4.78 is 43.9. The molecule has 1 aliphatic carbocycles. The number of alkyl halides is 3. The Kier molecular flexibility index (Phi) is 3.50. The van der Waals surface area contributed by atoms with E-state index in [2.05, 4.69) is 9.97 Å². The number of morpholine rings is 1. The van der Waals surface area contributed by atoms with E-state index in [1.165, 1.54) is 6.07 Å². The summed E-state index contributed by atoms with van der Waals surface area (Å²) in [6.07, 6.45) is -1.68. The average Bonchev–Trinajstić information content (AvgIpc) is 2.84. The quantitative estimate of drug-likeness (QED) is 0.748. The summed E-state index contributed by atoms with van der Waals surface area (Å²) in [6.45, 7) is 1.01. The number of rotatable bonds is 1. The largest absolute Gasteiger partial charge is 0.451 e. The minimum Gasteiger partial charge on any atom is -0.374 e. The predicted molar refractivity (Wildman–Crippen MR) is 66.8 cm³/mol. The molecule has 1 saturated heterocycles. The van der Waals surface area contributed by atoms with Crippen molar-refractivity contribution in [2.75, 3.05) is 18.1 Å². The van der Waals surface area contributed by atoms with Gasteiger partial charge in [0, 0.05) is 12.6 Å². The van der Waals surface area contributed by atoms with E-state index in [1.54, 1.807) is 0 Å². The molecule has 0 aromatic carbocycles. The molecular formula is C12H13ClF3N3O. The van der Waals surface area contributed by atoms with Crippen LogP contribution in [0.5, 0.6) is 0 Å². The van der Waals surface area contributed by atoms with Gasteiger partial charge in [-0.25, -0.2) is 9.97 Å². The first kappa shape index (κ1) is 13.9. The molecule has 2 unspecified atom stereocenters. The number of aromatic nitrogens is 2. The minimum absolute atomic E-state index is 0.0758. The van der Waals surface area contributed by atoms with Gasteiger partial charge >= 0.3 is 6.18 Å². The molecule has 110 valence electrons. The summed E-state index contributed by atoms with van der Waals surface area (Å²) in [7, 11) is 0. The monoisotopic (exact) mass is 307 g/mol. The normalized spacial score (nSPS) is 26.7. The lowest BCUT2D eigenvalue weighted by molar-refractivity contribution is -0.144. The van der Waals surface area contributed by atoms with Crippen LogP contribution in [0.2, 0.25) is 5.15 Å². The average molecular weight is 308 g/mol. The van der Waals surface area contributed by atoms with Crippen LogP contribution in [0.3, 0.4) is 0 Å². The van der Waals surface area contributed by atoms with Gasteiger partial charge in [0.1, 0.15) is 11.0 Å². The molecule has 0 bridgehead atoms. The summed E-state index contributed by atoms with van der Waals surface area (Å²) in [4.78, 5) is 8.76. The smallest absolute Gasteiger partial charge is 0.374 e. The van der Waals surface area contributed by atoms with Gasteiger partial charge in [0.15, 0.2) is 0 Å². The molecule has 2 aliphatic rings. The highest BCUT2D eigenvalue weighted by Gasteiger charge is 2.39. The van der Waals surface area contributed by atoms with Gasteiger partial charge in [-0.1, -0.05) is 11.6 Å². The lowest BCUT2D eigenvalue weighted by Gasteiger charge is -2.38. The Bertz CT molecular complexity index is 511. The zero-order valence-electron chi connectivity index (χ0n) is 10.5. The highest BCUT2D eigenvalue weighted by Crippen LogP contribution is 2.34. The van der Waals surface area contributed by atoms with Crippen molar-refractivity contribution < 1.29 is 17.9 Å². The van der Waals surface area contributed by atoms with Gasteiger partial charge in [-0.3, -0.25) is 0 Å². The Hall–Kier alpha value is -1.08. The molecule has 1 aliphatic heterocycles. The summed E-state index contributed by atoms with van der Waals surface area (Å²) >= 11 is 5.71. The van der Waals surface area contributed by atoms with Crippen LogP contribution in [-0.4, -0.2) is 35.3 Å². The van der Waals surface area contributed by atoms with Crippen LogP contribution >= 0.6 is 11.6 Å². The van der Waals surface area contributed by atoms with Crippen molar-refractivity contribution in [1.82, 2.24) is 9.97 Å². The third kappa shape index (κ3) is 2.56. The second kappa shape index (κ2) is 5.04. The first-order valence-corrected chi connectivity index (χ1v) is 6.83. The molecule has 4 nitrogen and oxygen atoms in total. The lowest BCUT2D eigenvalue weighted by atomic mass is 10.1.